The number of halogens is 1. The van der Waals surface area contributed by atoms with Gasteiger partial charge in [0.1, 0.15) is 0 Å². The zero-order valence-corrected chi connectivity index (χ0v) is 15.4. The quantitative estimate of drug-likeness (QED) is 0.543. The molecule has 0 amide bonds. The summed E-state index contributed by atoms with van der Waals surface area (Å²) < 4.78 is 27.0. The zero-order valence-electron chi connectivity index (χ0n) is 13.9. The second-order valence-corrected chi connectivity index (χ2v) is 7.92. The summed E-state index contributed by atoms with van der Waals surface area (Å²) >= 11 is 5.86. The van der Waals surface area contributed by atoms with E-state index in [0.29, 0.717) is 16.1 Å². The predicted molar refractivity (Wildman–Crippen MR) is 106 cm³/mol. The van der Waals surface area contributed by atoms with Gasteiger partial charge >= 0.3 is 0 Å². The van der Waals surface area contributed by atoms with Crippen LogP contribution in [-0.4, -0.2) is 22.6 Å². The standard InChI is InChI=1S/C18H14ClN5O2S/c19-13-8-10-14(11-9-13)21-18-22-17(20)24(23-18)27(25,26)16-7-3-5-12-4-1-2-6-15(12)16/h1-11H,(H3,20,21,22,23). The van der Waals surface area contributed by atoms with Crippen LogP contribution in [0.2, 0.25) is 5.02 Å². The van der Waals surface area contributed by atoms with Gasteiger partial charge in [-0.2, -0.15) is 13.4 Å². The van der Waals surface area contributed by atoms with Crippen LogP contribution in [0.4, 0.5) is 17.6 Å². The molecule has 0 saturated heterocycles. The van der Waals surface area contributed by atoms with Gasteiger partial charge in [0.15, 0.2) is 0 Å². The number of nitrogens with zero attached hydrogens (tertiary/aromatic N) is 3. The lowest BCUT2D eigenvalue weighted by Crippen LogP contribution is -2.17. The summed E-state index contributed by atoms with van der Waals surface area (Å²) in [6.07, 6.45) is 0. The summed E-state index contributed by atoms with van der Waals surface area (Å²) in [5, 5.41) is 8.91. The zero-order chi connectivity index (χ0) is 19.0. The highest BCUT2D eigenvalue weighted by molar-refractivity contribution is 7.90. The molecule has 7 nitrogen and oxygen atoms in total. The number of anilines is 3. The first kappa shape index (κ1) is 17.3. The van der Waals surface area contributed by atoms with Gasteiger partial charge in [0, 0.05) is 16.1 Å². The molecule has 136 valence electrons. The average molecular weight is 400 g/mol. The topological polar surface area (TPSA) is 103 Å². The summed E-state index contributed by atoms with van der Waals surface area (Å²) in [5.41, 5.74) is 6.49. The molecular formula is C18H14ClN5O2S. The SMILES string of the molecule is Nc1nc(Nc2ccc(Cl)cc2)nn1S(=O)(=O)c1cccc2ccccc12. The van der Waals surface area contributed by atoms with E-state index in [1.807, 2.05) is 18.2 Å². The first-order chi connectivity index (χ1) is 12.9. The minimum absolute atomic E-state index is 0.0682. The molecule has 9 heteroatoms. The van der Waals surface area contributed by atoms with Gasteiger partial charge in [-0.1, -0.05) is 48.0 Å². The van der Waals surface area contributed by atoms with Crippen LogP contribution in [0, 0.1) is 0 Å². The highest BCUT2D eigenvalue weighted by atomic mass is 35.5. The van der Waals surface area contributed by atoms with Crippen LogP contribution in [0.25, 0.3) is 10.8 Å². The van der Waals surface area contributed by atoms with Gasteiger partial charge in [-0.3, -0.25) is 0 Å². The van der Waals surface area contributed by atoms with Crippen molar-refractivity contribution in [3.63, 3.8) is 0 Å². The second-order valence-electron chi connectivity index (χ2n) is 5.75. The van der Waals surface area contributed by atoms with Gasteiger partial charge in [0.05, 0.1) is 4.90 Å². The maximum atomic E-state index is 13.1. The Bertz CT molecular complexity index is 1230. The summed E-state index contributed by atoms with van der Waals surface area (Å²) in [7, 11) is -4.02. The van der Waals surface area contributed by atoms with Crippen molar-refractivity contribution in [3.8, 4) is 0 Å². The number of fused-ring (bicyclic) bond motifs is 1. The lowest BCUT2D eigenvalue weighted by molar-refractivity contribution is 0.582. The number of hydrogen-bond acceptors (Lipinski definition) is 6. The molecule has 0 unspecified atom stereocenters. The number of rotatable bonds is 4. The molecule has 0 saturated carbocycles. The van der Waals surface area contributed by atoms with Crippen molar-refractivity contribution in [2.24, 2.45) is 0 Å². The Morgan fingerprint density at radius 3 is 2.44 bits per heavy atom. The Hall–Kier alpha value is -3.10. The number of hydrogen-bond donors (Lipinski definition) is 2. The second kappa shape index (κ2) is 6.57. The van der Waals surface area contributed by atoms with Crippen LogP contribution in [0.1, 0.15) is 0 Å². The fourth-order valence-electron chi connectivity index (χ4n) is 2.72. The van der Waals surface area contributed by atoms with Crippen molar-refractivity contribution < 1.29 is 8.42 Å². The van der Waals surface area contributed by atoms with Crippen LogP contribution < -0.4 is 11.1 Å². The highest BCUT2D eigenvalue weighted by Crippen LogP contribution is 2.26. The third-order valence-corrected chi connectivity index (χ3v) is 5.85. The molecule has 1 heterocycles. The summed E-state index contributed by atoms with van der Waals surface area (Å²) in [4.78, 5) is 4.11. The molecule has 0 fully saturated rings. The molecule has 4 aromatic rings. The Morgan fingerprint density at radius 2 is 1.67 bits per heavy atom. The summed E-state index contributed by atoms with van der Waals surface area (Å²) in [6, 6.07) is 19.1. The van der Waals surface area contributed by atoms with Gasteiger partial charge in [0.25, 0.3) is 10.0 Å². The maximum Gasteiger partial charge on any atom is 0.286 e. The molecule has 0 atom stereocenters. The number of benzene rings is 3. The molecular weight excluding hydrogens is 386 g/mol. The fourth-order valence-corrected chi connectivity index (χ4v) is 4.22. The molecule has 4 rings (SSSR count). The highest BCUT2D eigenvalue weighted by Gasteiger charge is 2.24. The van der Waals surface area contributed by atoms with Crippen molar-refractivity contribution in [1.82, 2.24) is 14.2 Å². The van der Waals surface area contributed by atoms with Crippen molar-refractivity contribution in [2.75, 3.05) is 11.1 Å². The predicted octanol–water partition coefficient (Wildman–Crippen LogP) is 3.65. The third-order valence-electron chi connectivity index (χ3n) is 3.96. The van der Waals surface area contributed by atoms with Crippen LogP contribution in [0.5, 0.6) is 0 Å². The van der Waals surface area contributed by atoms with E-state index in [4.69, 9.17) is 17.3 Å². The maximum absolute atomic E-state index is 13.1. The summed E-state index contributed by atoms with van der Waals surface area (Å²) in [5.74, 6) is -0.168. The van der Waals surface area contributed by atoms with Crippen molar-refractivity contribution in [3.05, 3.63) is 71.8 Å². The molecule has 3 N–H and O–H groups in total. The van der Waals surface area contributed by atoms with Crippen molar-refractivity contribution >= 4 is 50.0 Å². The Morgan fingerprint density at radius 1 is 0.963 bits per heavy atom. The van der Waals surface area contributed by atoms with E-state index in [-0.39, 0.29) is 16.8 Å². The molecule has 0 aliphatic heterocycles. The van der Waals surface area contributed by atoms with Crippen LogP contribution in [-0.2, 0) is 10.0 Å². The number of nitrogens with one attached hydrogen (secondary N) is 1. The van der Waals surface area contributed by atoms with Crippen molar-refractivity contribution in [2.45, 2.75) is 4.90 Å². The van der Waals surface area contributed by atoms with E-state index in [0.717, 1.165) is 9.47 Å². The number of nitrogens with two attached hydrogens (primary N) is 1. The minimum atomic E-state index is -4.02. The van der Waals surface area contributed by atoms with Gasteiger partial charge < -0.3 is 11.1 Å². The molecule has 3 aromatic carbocycles. The minimum Gasteiger partial charge on any atom is -0.367 e. The van der Waals surface area contributed by atoms with E-state index < -0.39 is 10.0 Å². The van der Waals surface area contributed by atoms with Crippen molar-refractivity contribution in [1.29, 1.82) is 0 Å². The molecule has 0 bridgehead atoms. The van der Waals surface area contributed by atoms with Crippen LogP contribution in [0.3, 0.4) is 0 Å². The lowest BCUT2D eigenvalue weighted by Gasteiger charge is -2.08. The first-order valence-corrected chi connectivity index (χ1v) is 9.75. The lowest BCUT2D eigenvalue weighted by atomic mass is 10.1. The number of aromatic nitrogens is 3. The smallest absolute Gasteiger partial charge is 0.286 e. The Kier molecular flexibility index (Phi) is 4.21. The Balaban J connectivity index is 1.76. The molecule has 0 aliphatic rings. The van der Waals surface area contributed by atoms with Gasteiger partial charge in [-0.15, -0.1) is 9.19 Å². The fraction of sp³-hybridized carbons (Fsp3) is 0. The van der Waals surface area contributed by atoms with E-state index in [9.17, 15) is 8.42 Å². The van der Waals surface area contributed by atoms with Gasteiger partial charge in [0.2, 0.25) is 11.9 Å². The molecule has 0 spiro atoms. The van der Waals surface area contributed by atoms with Gasteiger partial charge in [-0.25, -0.2) is 0 Å². The van der Waals surface area contributed by atoms with E-state index >= 15 is 0 Å². The summed E-state index contributed by atoms with van der Waals surface area (Å²) in [6.45, 7) is 0. The van der Waals surface area contributed by atoms with Crippen LogP contribution >= 0.6 is 11.6 Å². The molecule has 27 heavy (non-hydrogen) atoms. The normalized spacial score (nSPS) is 11.6. The molecule has 1 aromatic heterocycles. The number of nitrogen functional groups attached to an aromatic ring is 1. The van der Waals surface area contributed by atoms with Gasteiger partial charge in [-0.05, 0) is 35.7 Å². The van der Waals surface area contributed by atoms with Crippen LogP contribution in [0.15, 0.2) is 71.6 Å². The largest absolute Gasteiger partial charge is 0.367 e. The average Bonchev–Trinajstić information content (AvgIpc) is 3.04. The third kappa shape index (κ3) is 3.20. The molecule has 0 radical (unpaired) electrons. The van der Waals surface area contributed by atoms with E-state index in [1.54, 1.807) is 42.5 Å². The van der Waals surface area contributed by atoms with E-state index in [1.165, 1.54) is 6.07 Å². The monoisotopic (exact) mass is 399 g/mol. The van der Waals surface area contributed by atoms with E-state index in [2.05, 4.69) is 15.4 Å². The first-order valence-electron chi connectivity index (χ1n) is 7.93. The molecule has 0 aliphatic carbocycles. The Labute approximate surface area is 160 Å².